The SMILES string of the molecule is Clc1ccc2c3nc4nc(nc5[nH]c(nc6nc(nc([nH]3)c2c1Cl)-c1ccccc1-6)c1ccccc51)-c1ccccc1-4.[Ag]. The maximum atomic E-state index is 6.77. The Kier molecular flexibility index (Phi) is 5.98. The number of hydrogen-bond acceptors (Lipinski definition) is 6. The normalized spacial score (nSPS) is 11.8. The molecular weight excluding hydrogens is 675 g/mol. The molecule has 2 N–H and O–H groups in total. The van der Waals surface area contributed by atoms with Gasteiger partial charge in [0.05, 0.1) is 10.0 Å². The van der Waals surface area contributed by atoms with Gasteiger partial charge in [-0.2, -0.15) is 0 Å². The smallest absolute Gasteiger partial charge is 0.164 e. The molecule has 0 atom stereocenters. The summed E-state index contributed by atoms with van der Waals surface area (Å²) in [4.78, 5) is 36.5. The Morgan fingerprint density at radius 2 is 0.814 bits per heavy atom. The van der Waals surface area contributed by atoms with E-state index in [2.05, 4.69) is 9.97 Å². The van der Waals surface area contributed by atoms with Gasteiger partial charge in [-0.05, 0) is 12.1 Å². The van der Waals surface area contributed by atoms with Crippen molar-refractivity contribution in [1.29, 1.82) is 0 Å². The molecule has 0 aliphatic carbocycles. The van der Waals surface area contributed by atoms with Crippen LogP contribution in [0.15, 0.2) is 84.9 Å². The maximum absolute atomic E-state index is 6.77. The average Bonchev–Trinajstić information content (AvgIpc) is 3.74. The molecule has 9 rings (SSSR count). The first kappa shape index (κ1) is 26.2. The minimum atomic E-state index is 0. The quantitative estimate of drug-likeness (QED) is 0.155. The van der Waals surface area contributed by atoms with Crippen LogP contribution in [0.3, 0.4) is 0 Å². The predicted octanol–water partition coefficient (Wildman–Crippen LogP) is 8.17. The van der Waals surface area contributed by atoms with Crippen molar-refractivity contribution in [1.82, 2.24) is 39.9 Å². The van der Waals surface area contributed by atoms with E-state index in [0.717, 1.165) is 38.4 Å². The summed E-state index contributed by atoms with van der Waals surface area (Å²) in [6, 6.07) is 27.4. The van der Waals surface area contributed by atoms with E-state index in [1.165, 1.54) is 0 Å². The molecule has 2 aliphatic rings. The molecule has 209 valence electrons. The van der Waals surface area contributed by atoms with Crippen LogP contribution in [0, 0.1) is 0 Å². The van der Waals surface area contributed by atoms with E-state index in [-0.39, 0.29) is 22.4 Å². The molecule has 0 amide bonds. The molecule has 0 unspecified atom stereocenters. The minimum Gasteiger partial charge on any atom is -0.324 e. The zero-order valence-corrected chi connectivity index (χ0v) is 24.8. The van der Waals surface area contributed by atoms with Gasteiger partial charge in [0.25, 0.3) is 0 Å². The molecule has 1 radical (unpaired) electrons. The van der Waals surface area contributed by atoms with Crippen LogP contribution in [0.5, 0.6) is 0 Å². The Morgan fingerprint density at radius 3 is 1.30 bits per heavy atom. The molecule has 2 aliphatic heterocycles. The fourth-order valence-electron chi connectivity index (χ4n) is 5.67. The van der Waals surface area contributed by atoms with E-state index in [9.17, 15) is 0 Å². The third kappa shape index (κ3) is 3.96. The third-order valence-electron chi connectivity index (χ3n) is 7.61. The molecule has 8 bridgehead atoms. The van der Waals surface area contributed by atoms with Crippen molar-refractivity contribution in [2.45, 2.75) is 0 Å². The Hall–Kier alpha value is -4.44. The average molecular weight is 691 g/mol. The number of benzene rings is 4. The van der Waals surface area contributed by atoms with E-state index in [1.807, 2.05) is 78.9 Å². The van der Waals surface area contributed by atoms with E-state index < -0.39 is 0 Å². The van der Waals surface area contributed by atoms with Crippen LogP contribution < -0.4 is 0 Å². The zero-order chi connectivity index (χ0) is 27.9. The summed E-state index contributed by atoms with van der Waals surface area (Å²) in [6.45, 7) is 0. The predicted molar refractivity (Wildman–Crippen MR) is 166 cm³/mol. The van der Waals surface area contributed by atoms with Crippen molar-refractivity contribution in [2.24, 2.45) is 0 Å². The molecule has 4 aromatic carbocycles. The number of halogens is 2. The van der Waals surface area contributed by atoms with Gasteiger partial charge in [-0.15, -0.1) is 0 Å². The van der Waals surface area contributed by atoms with Crippen LogP contribution in [-0.4, -0.2) is 39.9 Å². The van der Waals surface area contributed by atoms with Gasteiger partial charge >= 0.3 is 0 Å². The number of nitrogens with zero attached hydrogens (tertiary/aromatic N) is 6. The van der Waals surface area contributed by atoms with Crippen molar-refractivity contribution in [3.8, 4) is 45.6 Å². The van der Waals surface area contributed by atoms with Crippen LogP contribution in [0.25, 0.3) is 89.7 Å². The Morgan fingerprint density at radius 1 is 0.419 bits per heavy atom. The first-order valence-electron chi connectivity index (χ1n) is 13.2. The zero-order valence-electron chi connectivity index (χ0n) is 21.8. The molecule has 0 saturated heterocycles. The van der Waals surface area contributed by atoms with Crippen molar-refractivity contribution in [3.63, 3.8) is 0 Å². The van der Waals surface area contributed by atoms with Crippen LogP contribution in [-0.2, 0) is 22.4 Å². The standard InChI is InChI=1S/C32H16Cl2N8.Ag/c33-22-14-13-21-23(24(22)34)32-41-30-20-12-6-5-11-19(20)28(39-30)37-26-16-8-2-1-7-15(16)25(35-26)36-27-17-9-3-4-10-18(17)29(38-27)40-31(21)42-32;/h1-14H,(H2,35,36,37,38,39,40,41,42);. The molecule has 8 nitrogen and oxygen atoms in total. The molecule has 0 spiro atoms. The summed E-state index contributed by atoms with van der Waals surface area (Å²) < 4.78 is 0. The van der Waals surface area contributed by atoms with Gasteiger partial charge in [-0.1, -0.05) is 96.0 Å². The number of rotatable bonds is 0. The number of aromatic amines is 2. The second kappa shape index (κ2) is 9.80. The van der Waals surface area contributed by atoms with Gasteiger partial charge in [-0.3, -0.25) is 0 Å². The number of hydrogen-bond donors (Lipinski definition) is 2. The number of aromatic nitrogens is 8. The van der Waals surface area contributed by atoms with Crippen LogP contribution in [0.1, 0.15) is 0 Å². The molecular formula is C32H16AgCl2N8. The molecule has 3 aromatic heterocycles. The summed E-state index contributed by atoms with van der Waals surface area (Å²) >= 11 is 13.2. The van der Waals surface area contributed by atoms with Gasteiger partial charge in [0.2, 0.25) is 0 Å². The van der Waals surface area contributed by atoms with E-state index in [1.54, 1.807) is 6.07 Å². The maximum Gasteiger partial charge on any atom is 0.164 e. The van der Waals surface area contributed by atoms with E-state index >= 15 is 0 Å². The molecule has 11 heteroatoms. The first-order chi connectivity index (χ1) is 20.6. The van der Waals surface area contributed by atoms with Crippen molar-refractivity contribution < 1.29 is 22.4 Å². The molecule has 43 heavy (non-hydrogen) atoms. The Balaban J connectivity index is 0.00000278. The summed E-state index contributed by atoms with van der Waals surface area (Å²) in [7, 11) is 0. The second-order valence-electron chi connectivity index (χ2n) is 10.0. The first-order valence-corrected chi connectivity index (χ1v) is 14.0. The van der Waals surface area contributed by atoms with Gasteiger partial charge in [0, 0.05) is 66.2 Å². The van der Waals surface area contributed by atoms with Crippen molar-refractivity contribution >= 4 is 67.3 Å². The van der Waals surface area contributed by atoms with Gasteiger partial charge in [0.1, 0.15) is 22.6 Å². The topological polar surface area (TPSA) is 109 Å². The fourth-order valence-corrected chi connectivity index (χ4v) is 6.08. The minimum absolute atomic E-state index is 0. The number of H-pyrrole nitrogens is 2. The van der Waals surface area contributed by atoms with Crippen LogP contribution >= 0.6 is 23.2 Å². The molecule has 7 aromatic rings. The summed E-state index contributed by atoms with van der Waals surface area (Å²) in [5.41, 5.74) is 5.83. The van der Waals surface area contributed by atoms with E-state index in [4.69, 9.17) is 53.1 Å². The Bertz CT molecular complexity index is 2460. The van der Waals surface area contributed by atoms with Gasteiger partial charge in [0.15, 0.2) is 23.3 Å². The van der Waals surface area contributed by atoms with Crippen molar-refractivity contribution in [2.75, 3.05) is 0 Å². The molecule has 0 saturated carbocycles. The largest absolute Gasteiger partial charge is 0.324 e. The van der Waals surface area contributed by atoms with Crippen LogP contribution in [0.4, 0.5) is 0 Å². The summed E-state index contributed by atoms with van der Waals surface area (Å²) in [6.07, 6.45) is 0. The van der Waals surface area contributed by atoms with Crippen LogP contribution in [0.2, 0.25) is 10.0 Å². The molecule has 0 fully saturated rings. The van der Waals surface area contributed by atoms with E-state index in [0.29, 0.717) is 61.3 Å². The third-order valence-corrected chi connectivity index (χ3v) is 8.41. The second-order valence-corrected chi connectivity index (χ2v) is 10.8. The summed E-state index contributed by atoms with van der Waals surface area (Å²) in [5, 5.41) is 4.06. The number of nitrogens with one attached hydrogen (secondary N) is 2. The number of fused-ring (bicyclic) bond motifs is 20. The summed E-state index contributed by atoms with van der Waals surface area (Å²) in [5.74, 6) is 2.12. The Labute approximate surface area is 268 Å². The fraction of sp³-hybridized carbons (Fsp3) is 0. The monoisotopic (exact) mass is 689 g/mol. The molecule has 5 heterocycles. The van der Waals surface area contributed by atoms with Gasteiger partial charge in [-0.25, -0.2) is 29.9 Å². The van der Waals surface area contributed by atoms with Crippen molar-refractivity contribution in [3.05, 3.63) is 95.0 Å². The van der Waals surface area contributed by atoms with Gasteiger partial charge < -0.3 is 9.97 Å².